The Hall–Kier alpha value is -1.49. The summed E-state index contributed by atoms with van der Waals surface area (Å²) < 4.78 is 0. The molecule has 1 aliphatic rings. The third-order valence-corrected chi connectivity index (χ3v) is 4.24. The van der Waals surface area contributed by atoms with Crippen molar-refractivity contribution in [1.82, 2.24) is 0 Å². The molecule has 0 unspecified atom stereocenters. The Labute approximate surface area is 116 Å². The molecule has 0 atom stereocenters. The molecule has 102 valence electrons. The zero-order valence-electron chi connectivity index (χ0n) is 11.0. The number of hydrogen-bond donors (Lipinski definition) is 1. The molecule has 1 N–H and O–H groups in total. The fraction of sp³-hybridized carbons (Fsp3) is 0.429. The highest BCUT2D eigenvalue weighted by atomic mass is 32.2. The van der Waals surface area contributed by atoms with Crippen molar-refractivity contribution in [2.75, 3.05) is 17.2 Å². The van der Waals surface area contributed by atoms with Crippen LogP contribution in [-0.4, -0.2) is 29.3 Å². The van der Waals surface area contributed by atoms with Crippen molar-refractivity contribution in [3.8, 4) is 0 Å². The van der Waals surface area contributed by atoms with E-state index in [1.165, 1.54) is 0 Å². The number of carbonyl (C=O) groups is 2. The average Bonchev–Trinajstić information content (AvgIpc) is 2.37. The molecule has 0 saturated heterocycles. The molecule has 1 aliphatic heterocycles. The van der Waals surface area contributed by atoms with Crippen LogP contribution < -0.4 is 4.90 Å². The van der Waals surface area contributed by atoms with E-state index in [9.17, 15) is 9.59 Å². The summed E-state index contributed by atoms with van der Waals surface area (Å²) in [7, 11) is 0. The summed E-state index contributed by atoms with van der Waals surface area (Å²) in [5.74, 6) is -0.225. The summed E-state index contributed by atoms with van der Waals surface area (Å²) >= 11 is 1.72. The number of aliphatic carboxylic acids is 1. The molecule has 1 heterocycles. The smallest absolute Gasteiger partial charge is 0.309 e. The lowest BCUT2D eigenvalue weighted by Crippen LogP contribution is -2.39. The van der Waals surface area contributed by atoms with Crippen molar-refractivity contribution >= 4 is 29.3 Å². The highest BCUT2D eigenvalue weighted by Gasteiger charge is 2.33. The van der Waals surface area contributed by atoms with Gasteiger partial charge >= 0.3 is 5.97 Å². The SMILES string of the molecule is CC(C)(CC(=O)N1CCSc2ccccc21)C(=O)O. The number of carboxylic acid groups (broad SMARTS) is 1. The van der Waals surface area contributed by atoms with E-state index in [-0.39, 0.29) is 12.3 Å². The molecule has 0 spiro atoms. The summed E-state index contributed by atoms with van der Waals surface area (Å²) in [4.78, 5) is 26.2. The Morgan fingerprint density at radius 3 is 2.74 bits per heavy atom. The third kappa shape index (κ3) is 2.92. The molecule has 0 aromatic heterocycles. The lowest BCUT2D eigenvalue weighted by atomic mass is 9.89. The molecule has 0 aliphatic carbocycles. The number of nitrogens with zero attached hydrogens (tertiary/aromatic N) is 1. The topological polar surface area (TPSA) is 57.6 Å². The first-order chi connectivity index (χ1) is 8.92. The zero-order valence-corrected chi connectivity index (χ0v) is 11.9. The Kier molecular flexibility index (Phi) is 3.85. The molecule has 5 heteroatoms. The van der Waals surface area contributed by atoms with Crippen LogP contribution in [0.4, 0.5) is 5.69 Å². The van der Waals surface area contributed by atoms with Crippen LogP contribution in [0.25, 0.3) is 0 Å². The number of hydrogen-bond acceptors (Lipinski definition) is 3. The first-order valence-electron chi connectivity index (χ1n) is 6.17. The molecule has 1 aromatic carbocycles. The maximum Gasteiger partial charge on any atom is 0.309 e. The van der Waals surface area contributed by atoms with Crippen LogP contribution in [0.5, 0.6) is 0 Å². The zero-order chi connectivity index (χ0) is 14.0. The number of carbonyl (C=O) groups excluding carboxylic acids is 1. The highest BCUT2D eigenvalue weighted by molar-refractivity contribution is 7.99. The van der Waals surface area contributed by atoms with E-state index in [2.05, 4.69) is 0 Å². The van der Waals surface area contributed by atoms with Gasteiger partial charge in [-0.3, -0.25) is 9.59 Å². The number of rotatable bonds is 3. The van der Waals surface area contributed by atoms with E-state index < -0.39 is 11.4 Å². The molecule has 19 heavy (non-hydrogen) atoms. The minimum atomic E-state index is -1.03. The van der Waals surface area contributed by atoms with E-state index in [0.717, 1.165) is 16.3 Å². The molecule has 1 amide bonds. The van der Waals surface area contributed by atoms with Gasteiger partial charge in [-0.2, -0.15) is 0 Å². The number of amides is 1. The van der Waals surface area contributed by atoms with Crippen molar-refractivity contribution in [3.63, 3.8) is 0 Å². The third-order valence-electron chi connectivity index (χ3n) is 3.20. The Balaban J connectivity index is 2.20. The number of fused-ring (bicyclic) bond motifs is 1. The van der Waals surface area contributed by atoms with Gasteiger partial charge in [0.1, 0.15) is 0 Å². The first-order valence-corrected chi connectivity index (χ1v) is 7.16. The molecule has 0 bridgehead atoms. The van der Waals surface area contributed by atoms with Crippen LogP contribution in [0.3, 0.4) is 0 Å². The van der Waals surface area contributed by atoms with Crippen LogP contribution in [0.1, 0.15) is 20.3 Å². The quantitative estimate of drug-likeness (QED) is 0.924. The van der Waals surface area contributed by atoms with Crippen LogP contribution in [0.15, 0.2) is 29.2 Å². The molecule has 4 nitrogen and oxygen atoms in total. The first kappa shape index (κ1) is 13.9. The standard InChI is InChI=1S/C14H17NO3S/c1-14(2,13(17)18)9-12(16)15-7-8-19-11-6-4-3-5-10(11)15/h3-6H,7-9H2,1-2H3,(H,17,18). The predicted octanol–water partition coefficient (Wildman–Crippen LogP) is 2.63. The van der Waals surface area contributed by atoms with Gasteiger partial charge in [0.25, 0.3) is 0 Å². The van der Waals surface area contributed by atoms with Gasteiger partial charge in [-0.25, -0.2) is 0 Å². The maximum absolute atomic E-state index is 12.3. The van der Waals surface area contributed by atoms with Gasteiger partial charge in [-0.15, -0.1) is 11.8 Å². The molecule has 2 rings (SSSR count). The van der Waals surface area contributed by atoms with Crippen LogP contribution >= 0.6 is 11.8 Å². The van der Waals surface area contributed by atoms with Gasteiger partial charge in [0, 0.05) is 23.6 Å². The number of carboxylic acids is 1. The minimum absolute atomic E-state index is 0.0152. The number of para-hydroxylation sites is 1. The van der Waals surface area contributed by atoms with Crippen molar-refractivity contribution in [3.05, 3.63) is 24.3 Å². The van der Waals surface area contributed by atoms with Gasteiger partial charge in [0.2, 0.25) is 5.91 Å². The Morgan fingerprint density at radius 2 is 2.05 bits per heavy atom. The van der Waals surface area contributed by atoms with Crippen molar-refractivity contribution < 1.29 is 14.7 Å². The highest BCUT2D eigenvalue weighted by Crippen LogP contribution is 2.35. The molecular weight excluding hydrogens is 262 g/mol. The van der Waals surface area contributed by atoms with Crippen molar-refractivity contribution in [2.45, 2.75) is 25.2 Å². The predicted molar refractivity (Wildman–Crippen MR) is 75.6 cm³/mol. The van der Waals surface area contributed by atoms with Gasteiger partial charge < -0.3 is 10.0 Å². The van der Waals surface area contributed by atoms with E-state index in [1.807, 2.05) is 24.3 Å². The van der Waals surface area contributed by atoms with Gasteiger partial charge in [0.05, 0.1) is 11.1 Å². The average molecular weight is 279 g/mol. The van der Waals surface area contributed by atoms with Gasteiger partial charge in [0.15, 0.2) is 0 Å². The molecular formula is C14H17NO3S. The molecule has 1 aromatic rings. The normalized spacial score (nSPS) is 14.9. The van der Waals surface area contributed by atoms with Crippen molar-refractivity contribution in [1.29, 1.82) is 0 Å². The Bertz CT molecular complexity index is 513. The fourth-order valence-corrected chi connectivity index (χ4v) is 2.97. The minimum Gasteiger partial charge on any atom is -0.481 e. The summed E-state index contributed by atoms with van der Waals surface area (Å²) in [6, 6.07) is 7.74. The van der Waals surface area contributed by atoms with E-state index >= 15 is 0 Å². The lowest BCUT2D eigenvalue weighted by Gasteiger charge is -2.31. The van der Waals surface area contributed by atoms with E-state index in [1.54, 1.807) is 30.5 Å². The second-order valence-corrected chi connectivity index (χ2v) is 6.36. The number of thioether (sulfide) groups is 1. The fourth-order valence-electron chi connectivity index (χ4n) is 1.98. The van der Waals surface area contributed by atoms with Crippen LogP contribution in [-0.2, 0) is 9.59 Å². The number of anilines is 1. The molecule has 0 fully saturated rings. The second-order valence-electron chi connectivity index (χ2n) is 5.23. The molecule has 0 saturated carbocycles. The van der Waals surface area contributed by atoms with E-state index in [4.69, 9.17) is 5.11 Å². The maximum atomic E-state index is 12.3. The largest absolute Gasteiger partial charge is 0.481 e. The van der Waals surface area contributed by atoms with Gasteiger partial charge in [-0.1, -0.05) is 12.1 Å². The second kappa shape index (κ2) is 5.25. The summed E-state index contributed by atoms with van der Waals surface area (Å²) in [6.45, 7) is 3.80. The molecule has 0 radical (unpaired) electrons. The van der Waals surface area contributed by atoms with E-state index in [0.29, 0.717) is 6.54 Å². The monoisotopic (exact) mass is 279 g/mol. The van der Waals surface area contributed by atoms with Gasteiger partial charge in [-0.05, 0) is 26.0 Å². The summed E-state index contributed by atoms with van der Waals surface area (Å²) in [5.41, 5.74) is -0.138. The summed E-state index contributed by atoms with van der Waals surface area (Å²) in [5, 5.41) is 9.11. The van der Waals surface area contributed by atoms with Crippen LogP contribution in [0.2, 0.25) is 0 Å². The summed E-state index contributed by atoms with van der Waals surface area (Å²) in [6.07, 6.45) is 0.0152. The lowest BCUT2D eigenvalue weighted by molar-refractivity contribution is -0.149. The van der Waals surface area contributed by atoms with Crippen molar-refractivity contribution in [2.24, 2.45) is 5.41 Å². The number of benzene rings is 1. The Morgan fingerprint density at radius 1 is 1.37 bits per heavy atom. The van der Waals surface area contributed by atoms with Crippen LogP contribution in [0, 0.1) is 5.41 Å².